The van der Waals surface area contributed by atoms with Gasteiger partial charge in [-0.05, 0) is 49.1 Å². The SMILES string of the molecule is C[C@@H]1[C@@H]2CN(C(=O)[C@H](C(C)(C)C)NC(=O)O[C@@H]3C[C@H]3CCCCCc3nc4ccc(F)cc4nc3O2)[C@@H]1C=O. The first-order valence-electron chi connectivity index (χ1n) is 13.9. The van der Waals surface area contributed by atoms with Crippen LogP contribution in [0.5, 0.6) is 5.88 Å². The van der Waals surface area contributed by atoms with Crippen molar-refractivity contribution < 1.29 is 28.2 Å². The maximum absolute atomic E-state index is 14.0. The van der Waals surface area contributed by atoms with E-state index in [0.717, 1.165) is 38.4 Å². The van der Waals surface area contributed by atoms with Gasteiger partial charge in [0.1, 0.15) is 36.0 Å². The Balaban J connectivity index is 1.49. The third kappa shape index (κ3) is 5.84. The van der Waals surface area contributed by atoms with E-state index >= 15 is 0 Å². The number of alkyl carbamates (subject to hydrolysis) is 1. The molecule has 1 saturated carbocycles. The molecule has 3 aliphatic rings. The summed E-state index contributed by atoms with van der Waals surface area (Å²) in [5.74, 6) is -0.490. The van der Waals surface area contributed by atoms with Crippen LogP contribution in [0.2, 0.25) is 0 Å². The van der Waals surface area contributed by atoms with E-state index in [0.29, 0.717) is 34.9 Å². The molecule has 6 atom stereocenters. The summed E-state index contributed by atoms with van der Waals surface area (Å²) in [5.41, 5.74) is 1.03. The molecule has 9 nitrogen and oxygen atoms in total. The quantitative estimate of drug-likeness (QED) is 0.540. The number of nitrogens with zero attached hydrogens (tertiary/aromatic N) is 3. The molecule has 1 saturated heterocycles. The molecule has 2 amide bonds. The Labute approximate surface area is 227 Å². The number of amides is 2. The second kappa shape index (κ2) is 10.7. The van der Waals surface area contributed by atoms with Crippen LogP contribution < -0.4 is 10.1 Å². The van der Waals surface area contributed by atoms with Crippen LogP contribution in [0.3, 0.4) is 0 Å². The van der Waals surface area contributed by atoms with Gasteiger partial charge in [-0.2, -0.15) is 0 Å². The van der Waals surface area contributed by atoms with Gasteiger partial charge in [-0.1, -0.05) is 40.5 Å². The van der Waals surface area contributed by atoms with Crippen molar-refractivity contribution in [3.63, 3.8) is 0 Å². The van der Waals surface area contributed by atoms with Crippen LogP contribution >= 0.6 is 0 Å². The maximum Gasteiger partial charge on any atom is 0.408 e. The lowest BCUT2D eigenvalue weighted by molar-refractivity contribution is -0.139. The van der Waals surface area contributed by atoms with Gasteiger partial charge in [0.25, 0.3) is 0 Å². The highest BCUT2D eigenvalue weighted by atomic mass is 19.1. The van der Waals surface area contributed by atoms with E-state index in [9.17, 15) is 18.8 Å². The summed E-state index contributed by atoms with van der Waals surface area (Å²) in [5, 5.41) is 2.78. The molecule has 39 heavy (non-hydrogen) atoms. The molecule has 5 rings (SSSR count). The highest BCUT2D eigenvalue weighted by Gasteiger charge is 2.48. The highest BCUT2D eigenvalue weighted by molar-refractivity contribution is 5.89. The molecule has 1 aromatic heterocycles. The molecule has 0 spiro atoms. The van der Waals surface area contributed by atoms with Crippen LogP contribution in [-0.4, -0.2) is 64.0 Å². The molecule has 1 aromatic carbocycles. The number of fused-ring (bicyclic) bond motifs is 5. The van der Waals surface area contributed by atoms with Crippen LogP contribution in [0.15, 0.2) is 18.2 Å². The largest absolute Gasteiger partial charge is 0.471 e. The van der Waals surface area contributed by atoms with Crippen molar-refractivity contribution in [3.05, 3.63) is 29.7 Å². The van der Waals surface area contributed by atoms with Crippen molar-refractivity contribution in [2.24, 2.45) is 17.3 Å². The summed E-state index contributed by atoms with van der Waals surface area (Å²) >= 11 is 0. The van der Waals surface area contributed by atoms with Gasteiger partial charge in [-0.3, -0.25) is 4.79 Å². The maximum atomic E-state index is 14.0. The summed E-state index contributed by atoms with van der Waals surface area (Å²) in [6, 6.07) is 2.66. The van der Waals surface area contributed by atoms with Gasteiger partial charge in [-0.15, -0.1) is 0 Å². The first-order chi connectivity index (χ1) is 18.5. The zero-order valence-corrected chi connectivity index (χ0v) is 23.0. The van der Waals surface area contributed by atoms with Gasteiger partial charge < -0.3 is 24.5 Å². The Morgan fingerprint density at radius 2 is 1.87 bits per heavy atom. The molecule has 2 aromatic rings. The summed E-state index contributed by atoms with van der Waals surface area (Å²) in [6.45, 7) is 7.58. The summed E-state index contributed by atoms with van der Waals surface area (Å²) in [7, 11) is 0. The van der Waals surface area contributed by atoms with Gasteiger partial charge in [0.2, 0.25) is 11.8 Å². The zero-order chi connectivity index (χ0) is 27.9. The number of hydrogen-bond donors (Lipinski definition) is 1. The Morgan fingerprint density at radius 1 is 1.08 bits per heavy atom. The van der Waals surface area contributed by atoms with E-state index in [1.54, 1.807) is 6.07 Å². The molecule has 1 aliphatic carbocycles. The van der Waals surface area contributed by atoms with Gasteiger partial charge in [-0.25, -0.2) is 19.2 Å². The van der Waals surface area contributed by atoms with Crippen molar-refractivity contribution in [2.45, 2.75) is 90.5 Å². The molecule has 0 radical (unpaired) electrons. The van der Waals surface area contributed by atoms with Gasteiger partial charge in [0, 0.05) is 12.0 Å². The number of aldehydes is 1. The summed E-state index contributed by atoms with van der Waals surface area (Å²) in [6.07, 6.45) is 4.72. The molecule has 3 heterocycles. The average molecular weight is 541 g/mol. The normalized spacial score (nSPS) is 30.2. The van der Waals surface area contributed by atoms with Crippen molar-refractivity contribution in [2.75, 3.05) is 6.54 Å². The number of aryl methyl sites for hydroxylation is 1. The fraction of sp³-hybridized carbons (Fsp3) is 0.621. The Morgan fingerprint density at radius 3 is 2.62 bits per heavy atom. The number of ether oxygens (including phenoxy) is 2. The number of halogens is 1. The monoisotopic (exact) mass is 540 g/mol. The number of carbonyl (C=O) groups is 3. The minimum atomic E-state index is -0.895. The predicted molar refractivity (Wildman–Crippen MR) is 142 cm³/mol. The van der Waals surface area contributed by atoms with Crippen LogP contribution in [-0.2, 0) is 20.7 Å². The van der Waals surface area contributed by atoms with Gasteiger partial charge in [0.05, 0.1) is 23.6 Å². The number of nitrogens with one attached hydrogen (secondary N) is 1. The van der Waals surface area contributed by atoms with Gasteiger partial charge in [0.15, 0.2) is 0 Å². The molecule has 1 N–H and O–H groups in total. The molecule has 2 fully saturated rings. The highest BCUT2D eigenvalue weighted by Crippen LogP contribution is 2.39. The van der Waals surface area contributed by atoms with Crippen LogP contribution in [0.25, 0.3) is 11.0 Å². The fourth-order valence-electron chi connectivity index (χ4n) is 5.66. The van der Waals surface area contributed by atoms with Crippen molar-refractivity contribution >= 4 is 29.3 Å². The second-order valence-corrected chi connectivity index (χ2v) is 12.2. The number of carbonyl (C=O) groups excluding carboxylic acids is 3. The summed E-state index contributed by atoms with van der Waals surface area (Å²) in [4.78, 5) is 49.7. The molecule has 0 unspecified atom stereocenters. The molecular formula is C29H37FN4O5. The van der Waals surface area contributed by atoms with Crippen LogP contribution in [0.1, 0.15) is 65.5 Å². The lowest BCUT2D eigenvalue weighted by atomic mass is 9.85. The van der Waals surface area contributed by atoms with Crippen molar-refractivity contribution in [1.29, 1.82) is 0 Å². The topological polar surface area (TPSA) is 111 Å². The third-order valence-electron chi connectivity index (χ3n) is 8.19. The third-order valence-corrected chi connectivity index (χ3v) is 8.19. The smallest absolute Gasteiger partial charge is 0.408 e. The van der Waals surface area contributed by atoms with Crippen LogP contribution in [0.4, 0.5) is 9.18 Å². The number of benzene rings is 1. The number of hydrogen-bond acceptors (Lipinski definition) is 7. The van der Waals surface area contributed by atoms with Crippen molar-refractivity contribution in [3.8, 4) is 5.88 Å². The Kier molecular flexibility index (Phi) is 7.48. The van der Waals surface area contributed by atoms with E-state index in [1.807, 2.05) is 27.7 Å². The minimum absolute atomic E-state index is 0.134. The Hall–Kier alpha value is -3.30. The minimum Gasteiger partial charge on any atom is -0.471 e. The van der Waals surface area contributed by atoms with E-state index in [2.05, 4.69) is 10.3 Å². The average Bonchev–Trinajstić information content (AvgIpc) is 3.53. The number of aromatic nitrogens is 2. The van der Waals surface area contributed by atoms with E-state index in [1.165, 1.54) is 17.0 Å². The van der Waals surface area contributed by atoms with E-state index in [-0.39, 0.29) is 24.5 Å². The first kappa shape index (κ1) is 27.3. The zero-order valence-electron chi connectivity index (χ0n) is 23.0. The first-order valence-corrected chi connectivity index (χ1v) is 13.9. The van der Waals surface area contributed by atoms with E-state index in [4.69, 9.17) is 14.5 Å². The van der Waals surface area contributed by atoms with E-state index < -0.39 is 35.5 Å². The number of rotatable bonds is 1. The van der Waals surface area contributed by atoms with Gasteiger partial charge >= 0.3 is 6.09 Å². The second-order valence-electron chi connectivity index (χ2n) is 12.2. The Bertz CT molecular complexity index is 1260. The lowest BCUT2D eigenvalue weighted by Crippen LogP contribution is -2.56. The molecule has 10 heteroatoms. The fourth-order valence-corrected chi connectivity index (χ4v) is 5.66. The molecule has 2 aliphatic heterocycles. The lowest BCUT2D eigenvalue weighted by Gasteiger charge is -2.34. The molecule has 210 valence electrons. The van der Waals surface area contributed by atoms with Crippen LogP contribution in [0, 0.1) is 23.1 Å². The predicted octanol–water partition coefficient (Wildman–Crippen LogP) is 4.21. The standard InChI is InChI=1S/C29H37FN4O5/c1-16-22(15-35)34-14-24(16)38-26-20(31-19-11-10-18(30)13-21(19)32-26)9-7-5-6-8-17-12-23(17)39-28(37)33-25(27(34)36)29(2,3)4/h10-11,13,15-17,22-25H,5-9,12,14H2,1-4H3,(H,33,37)/t16-,17+,22+,23+,24-,25+/m0/s1. The summed E-state index contributed by atoms with van der Waals surface area (Å²) < 4.78 is 26.0. The van der Waals surface area contributed by atoms with Crippen molar-refractivity contribution in [1.82, 2.24) is 20.2 Å². The molecular weight excluding hydrogens is 503 g/mol. The molecule has 2 bridgehead atoms.